The van der Waals surface area contributed by atoms with Crippen molar-refractivity contribution in [2.24, 2.45) is 0 Å². The number of nitrogens with zero attached hydrogens (tertiary/aromatic N) is 2. The summed E-state index contributed by atoms with van der Waals surface area (Å²) < 4.78 is 45.7. The van der Waals surface area contributed by atoms with Gasteiger partial charge in [-0.25, -0.2) is 8.42 Å². The van der Waals surface area contributed by atoms with Crippen molar-refractivity contribution in [3.05, 3.63) is 78.4 Å². The van der Waals surface area contributed by atoms with E-state index in [0.717, 1.165) is 35.6 Å². The van der Waals surface area contributed by atoms with Gasteiger partial charge >= 0.3 is 0 Å². The quantitative estimate of drug-likeness (QED) is 0.254. The van der Waals surface area contributed by atoms with Crippen LogP contribution in [-0.2, 0) is 26.0 Å². The number of sulfonamides is 1. The molecule has 0 heterocycles. The van der Waals surface area contributed by atoms with E-state index in [1.165, 1.54) is 37.3 Å². The molecule has 1 atom stereocenters. The Morgan fingerprint density at radius 2 is 1.60 bits per heavy atom. The van der Waals surface area contributed by atoms with Crippen LogP contribution in [0.5, 0.6) is 17.2 Å². The van der Waals surface area contributed by atoms with Gasteiger partial charge < -0.3 is 24.4 Å². The Hall–Kier alpha value is -4.25. The third-order valence-electron chi connectivity index (χ3n) is 8.01. The standard InChI is InChI=1S/C34H43N3O7S/c1-5-44-29-17-15-28(16-18-29)37(45(40,41)30-19-20-31(42-3)32(23-30)43-4)24-33(38)36(22-21-26-11-7-6-8-12-26)25(2)34(39)35-27-13-9-10-14-27/h6-8,11-12,15-20,23,25,27H,5,9-10,13-14,21-22,24H2,1-4H3,(H,35,39)/t25-/m1/s1. The van der Waals surface area contributed by atoms with Crippen LogP contribution in [-0.4, -0.2) is 71.1 Å². The maximum absolute atomic E-state index is 14.2. The molecule has 1 aliphatic carbocycles. The largest absolute Gasteiger partial charge is 0.494 e. The summed E-state index contributed by atoms with van der Waals surface area (Å²) in [4.78, 5) is 29.0. The van der Waals surface area contributed by atoms with Crippen LogP contribution in [0.3, 0.4) is 0 Å². The minimum Gasteiger partial charge on any atom is -0.494 e. The van der Waals surface area contributed by atoms with Gasteiger partial charge in [0.05, 0.1) is 31.4 Å². The molecule has 10 nitrogen and oxygen atoms in total. The number of benzene rings is 3. The second kappa shape index (κ2) is 15.7. The number of hydrogen-bond donors (Lipinski definition) is 1. The van der Waals surface area contributed by atoms with Crippen molar-refractivity contribution in [3.63, 3.8) is 0 Å². The number of methoxy groups -OCH3 is 2. The number of carbonyl (C=O) groups is 2. The van der Waals surface area contributed by atoms with E-state index in [9.17, 15) is 18.0 Å². The highest BCUT2D eigenvalue weighted by atomic mass is 32.2. The lowest BCUT2D eigenvalue weighted by Crippen LogP contribution is -2.53. The second-order valence-electron chi connectivity index (χ2n) is 10.9. The lowest BCUT2D eigenvalue weighted by atomic mass is 10.1. The summed E-state index contributed by atoms with van der Waals surface area (Å²) in [7, 11) is -1.40. The lowest BCUT2D eigenvalue weighted by Gasteiger charge is -2.32. The molecule has 1 N–H and O–H groups in total. The molecule has 0 unspecified atom stereocenters. The van der Waals surface area contributed by atoms with Crippen LogP contribution in [0.1, 0.15) is 45.1 Å². The van der Waals surface area contributed by atoms with E-state index in [-0.39, 0.29) is 34.8 Å². The van der Waals surface area contributed by atoms with Crippen molar-refractivity contribution < 1.29 is 32.2 Å². The molecular weight excluding hydrogens is 594 g/mol. The predicted molar refractivity (Wildman–Crippen MR) is 173 cm³/mol. The fourth-order valence-electron chi connectivity index (χ4n) is 5.47. The Kier molecular flexibility index (Phi) is 11.7. The van der Waals surface area contributed by atoms with E-state index in [1.807, 2.05) is 37.3 Å². The smallest absolute Gasteiger partial charge is 0.264 e. The summed E-state index contributed by atoms with van der Waals surface area (Å²) in [5, 5.41) is 3.09. The van der Waals surface area contributed by atoms with Crippen LogP contribution in [0.2, 0.25) is 0 Å². The number of amides is 2. The number of hydrogen-bond acceptors (Lipinski definition) is 7. The fraction of sp³-hybridized carbons (Fsp3) is 0.412. The Morgan fingerprint density at radius 3 is 2.22 bits per heavy atom. The van der Waals surface area contributed by atoms with Crippen LogP contribution in [0.15, 0.2) is 77.7 Å². The highest BCUT2D eigenvalue weighted by Crippen LogP contribution is 2.33. The van der Waals surface area contributed by atoms with Crippen LogP contribution >= 0.6 is 0 Å². The van der Waals surface area contributed by atoms with E-state index in [0.29, 0.717) is 24.5 Å². The maximum atomic E-state index is 14.2. The van der Waals surface area contributed by atoms with E-state index < -0.39 is 28.5 Å². The van der Waals surface area contributed by atoms with Crippen molar-refractivity contribution in [2.45, 2.75) is 62.9 Å². The van der Waals surface area contributed by atoms with E-state index >= 15 is 0 Å². The highest BCUT2D eigenvalue weighted by Gasteiger charge is 2.33. The van der Waals surface area contributed by atoms with Crippen molar-refractivity contribution in [3.8, 4) is 17.2 Å². The summed E-state index contributed by atoms with van der Waals surface area (Å²) in [5.74, 6) is 0.418. The molecule has 2 amide bonds. The molecular formula is C34H43N3O7S. The number of anilines is 1. The van der Waals surface area contributed by atoms with Gasteiger partial charge in [-0.3, -0.25) is 13.9 Å². The molecule has 0 aliphatic heterocycles. The van der Waals surface area contributed by atoms with Crippen molar-refractivity contribution in [1.29, 1.82) is 0 Å². The minimum absolute atomic E-state index is 0.0790. The van der Waals surface area contributed by atoms with Gasteiger partial charge in [0.25, 0.3) is 10.0 Å². The van der Waals surface area contributed by atoms with Gasteiger partial charge in [-0.05, 0) is 75.1 Å². The molecule has 1 saturated carbocycles. The van der Waals surface area contributed by atoms with E-state index in [1.54, 1.807) is 31.2 Å². The number of rotatable bonds is 15. The van der Waals surface area contributed by atoms with Crippen LogP contribution < -0.4 is 23.8 Å². The Bertz CT molecular complexity index is 1530. The van der Waals surface area contributed by atoms with E-state index in [2.05, 4.69) is 5.32 Å². The summed E-state index contributed by atoms with van der Waals surface area (Å²) in [6.45, 7) is 3.70. The average Bonchev–Trinajstić information content (AvgIpc) is 3.57. The first-order valence-corrected chi connectivity index (χ1v) is 16.7. The summed E-state index contributed by atoms with van der Waals surface area (Å²) in [6, 6.07) is 19.7. The maximum Gasteiger partial charge on any atom is 0.264 e. The third kappa shape index (κ3) is 8.48. The molecule has 242 valence electrons. The number of ether oxygens (including phenoxy) is 3. The third-order valence-corrected chi connectivity index (χ3v) is 9.78. The SMILES string of the molecule is CCOc1ccc(N(CC(=O)N(CCc2ccccc2)[C@H](C)C(=O)NC2CCCC2)S(=O)(=O)c2ccc(OC)c(OC)c2)cc1. The molecule has 1 fully saturated rings. The molecule has 0 radical (unpaired) electrons. The minimum atomic E-state index is -4.29. The van der Waals surface area contributed by atoms with Gasteiger partial charge in [-0.15, -0.1) is 0 Å². The summed E-state index contributed by atoms with van der Waals surface area (Å²) >= 11 is 0. The predicted octanol–water partition coefficient (Wildman–Crippen LogP) is 4.82. The van der Waals surface area contributed by atoms with Gasteiger partial charge in [0.2, 0.25) is 11.8 Å². The molecule has 4 rings (SSSR count). The zero-order valence-electron chi connectivity index (χ0n) is 26.4. The topological polar surface area (TPSA) is 114 Å². The molecule has 0 saturated heterocycles. The highest BCUT2D eigenvalue weighted by molar-refractivity contribution is 7.92. The van der Waals surface area contributed by atoms with E-state index in [4.69, 9.17) is 14.2 Å². The monoisotopic (exact) mass is 637 g/mol. The molecule has 0 aromatic heterocycles. The average molecular weight is 638 g/mol. The Morgan fingerprint density at radius 1 is 0.933 bits per heavy atom. The summed E-state index contributed by atoms with van der Waals surface area (Å²) in [5.41, 5.74) is 1.27. The first kappa shape index (κ1) is 33.6. The first-order chi connectivity index (χ1) is 21.7. The molecule has 1 aliphatic rings. The van der Waals surface area contributed by atoms with Crippen molar-refractivity contribution in [1.82, 2.24) is 10.2 Å². The second-order valence-corrected chi connectivity index (χ2v) is 12.8. The number of carbonyl (C=O) groups excluding carboxylic acids is 2. The van der Waals surface area contributed by atoms with Gasteiger partial charge in [0.1, 0.15) is 18.3 Å². The van der Waals surface area contributed by atoms with Crippen molar-refractivity contribution >= 4 is 27.5 Å². The Labute approximate surface area is 266 Å². The Balaban J connectivity index is 1.69. The molecule has 11 heteroatoms. The fourth-order valence-corrected chi connectivity index (χ4v) is 6.90. The van der Waals surface area contributed by atoms with Crippen LogP contribution in [0.25, 0.3) is 0 Å². The molecule has 45 heavy (non-hydrogen) atoms. The molecule has 0 spiro atoms. The van der Waals surface area contributed by atoms with Crippen molar-refractivity contribution in [2.75, 3.05) is 38.2 Å². The van der Waals surface area contributed by atoms with Gasteiger partial charge in [-0.1, -0.05) is 43.2 Å². The zero-order chi connectivity index (χ0) is 32.4. The van der Waals surface area contributed by atoms with Gasteiger partial charge in [0, 0.05) is 18.7 Å². The zero-order valence-corrected chi connectivity index (χ0v) is 27.2. The molecule has 0 bridgehead atoms. The lowest BCUT2D eigenvalue weighted by molar-refractivity contribution is -0.139. The molecule has 3 aromatic carbocycles. The summed E-state index contributed by atoms with van der Waals surface area (Å²) in [6.07, 6.45) is 4.43. The van der Waals surface area contributed by atoms with Crippen LogP contribution in [0.4, 0.5) is 5.69 Å². The normalized spacial score (nSPS) is 14.0. The van der Waals surface area contributed by atoms with Crippen LogP contribution in [0, 0.1) is 0 Å². The molecule has 3 aromatic rings. The van der Waals surface area contributed by atoms with Gasteiger partial charge in [-0.2, -0.15) is 0 Å². The first-order valence-electron chi connectivity index (χ1n) is 15.3. The van der Waals surface area contributed by atoms with Gasteiger partial charge in [0.15, 0.2) is 11.5 Å². The number of nitrogens with one attached hydrogen (secondary N) is 1.